The van der Waals surface area contributed by atoms with Gasteiger partial charge in [-0.2, -0.15) is 0 Å². The summed E-state index contributed by atoms with van der Waals surface area (Å²) in [6.45, 7) is 2.67. The fourth-order valence-electron chi connectivity index (χ4n) is 3.94. The highest BCUT2D eigenvalue weighted by Gasteiger charge is 2.22. The zero-order chi connectivity index (χ0) is 21.2. The second-order valence-electron chi connectivity index (χ2n) is 7.93. The number of carboxylic acid groups (broad SMARTS) is 1. The normalized spacial score (nSPS) is 17.0. The first kappa shape index (κ1) is 22.3. The van der Waals surface area contributed by atoms with Crippen LogP contribution in [0.4, 0.5) is 0 Å². The molecule has 1 aliphatic heterocycles. The van der Waals surface area contributed by atoms with Crippen molar-refractivity contribution in [2.24, 2.45) is 0 Å². The molecule has 3 rings (SSSR count). The molecule has 0 amide bonds. The molecule has 2 aromatic carbocycles. The number of ether oxygens (including phenoxy) is 2. The molecule has 0 radical (unpaired) electrons. The molecular weight excluding hydrogens is 378 g/mol. The summed E-state index contributed by atoms with van der Waals surface area (Å²) < 4.78 is 11.5. The van der Waals surface area contributed by atoms with Crippen LogP contribution < -0.4 is 4.74 Å². The van der Waals surface area contributed by atoms with Crippen molar-refractivity contribution in [1.29, 1.82) is 0 Å². The first-order valence-corrected chi connectivity index (χ1v) is 11.0. The summed E-state index contributed by atoms with van der Waals surface area (Å²) in [6, 6.07) is 16.7. The lowest BCUT2D eigenvalue weighted by Gasteiger charge is -2.35. The molecule has 0 aromatic heterocycles. The standard InChI is InChI=1S/C25H33NO4/c1-29-23-15-13-22(14-16-23)21-11-9-20(10-12-21)19-30-24-7-4-6-18-26(24)17-5-2-3-8-25(27)28/h9-16,24H,2-8,17-19H2,1H3,(H,27,28). The van der Waals surface area contributed by atoms with Gasteiger partial charge in [-0.15, -0.1) is 0 Å². The van der Waals surface area contributed by atoms with Gasteiger partial charge < -0.3 is 14.6 Å². The zero-order valence-corrected chi connectivity index (χ0v) is 17.9. The van der Waals surface area contributed by atoms with Gasteiger partial charge in [0, 0.05) is 19.5 Å². The Balaban J connectivity index is 1.47. The summed E-state index contributed by atoms with van der Waals surface area (Å²) in [5.74, 6) is 0.162. The van der Waals surface area contributed by atoms with Crippen LogP contribution in [0.2, 0.25) is 0 Å². The summed E-state index contributed by atoms with van der Waals surface area (Å²) in [6.07, 6.45) is 6.68. The van der Waals surface area contributed by atoms with Crippen molar-refractivity contribution in [3.63, 3.8) is 0 Å². The van der Waals surface area contributed by atoms with Gasteiger partial charge in [0.1, 0.15) is 12.0 Å². The summed E-state index contributed by atoms with van der Waals surface area (Å²) >= 11 is 0. The van der Waals surface area contributed by atoms with E-state index in [-0.39, 0.29) is 12.6 Å². The van der Waals surface area contributed by atoms with E-state index in [4.69, 9.17) is 14.6 Å². The molecule has 5 heteroatoms. The molecule has 1 atom stereocenters. The first-order chi connectivity index (χ1) is 14.7. The quantitative estimate of drug-likeness (QED) is 0.506. The van der Waals surface area contributed by atoms with Gasteiger partial charge in [-0.05, 0) is 60.9 Å². The minimum absolute atomic E-state index is 0.166. The van der Waals surface area contributed by atoms with Crippen molar-refractivity contribution >= 4 is 5.97 Å². The highest BCUT2D eigenvalue weighted by molar-refractivity contribution is 5.66. The smallest absolute Gasteiger partial charge is 0.303 e. The molecule has 0 spiro atoms. The van der Waals surface area contributed by atoms with Gasteiger partial charge in [0.2, 0.25) is 0 Å². The van der Waals surface area contributed by atoms with Crippen LogP contribution >= 0.6 is 0 Å². The molecule has 5 nitrogen and oxygen atoms in total. The summed E-state index contributed by atoms with van der Waals surface area (Å²) in [4.78, 5) is 13.1. The number of carboxylic acids is 1. The van der Waals surface area contributed by atoms with Crippen LogP contribution in [0, 0.1) is 0 Å². The van der Waals surface area contributed by atoms with Crippen LogP contribution in [-0.4, -0.2) is 42.4 Å². The average molecular weight is 412 g/mol. The topological polar surface area (TPSA) is 59.0 Å². The summed E-state index contributed by atoms with van der Waals surface area (Å²) in [5.41, 5.74) is 3.53. The minimum atomic E-state index is -0.702. The van der Waals surface area contributed by atoms with Crippen LogP contribution in [0.1, 0.15) is 50.5 Å². The van der Waals surface area contributed by atoms with Gasteiger partial charge in [-0.25, -0.2) is 0 Å². The molecule has 1 unspecified atom stereocenters. The van der Waals surface area contributed by atoms with E-state index in [9.17, 15) is 4.79 Å². The van der Waals surface area contributed by atoms with Crippen molar-refractivity contribution in [2.75, 3.05) is 20.2 Å². The van der Waals surface area contributed by atoms with Crippen LogP contribution in [0.25, 0.3) is 11.1 Å². The van der Waals surface area contributed by atoms with Crippen molar-refractivity contribution in [3.8, 4) is 16.9 Å². The number of likely N-dealkylation sites (tertiary alicyclic amines) is 1. The van der Waals surface area contributed by atoms with Crippen molar-refractivity contribution < 1.29 is 19.4 Å². The number of hydrogen-bond acceptors (Lipinski definition) is 4. The van der Waals surface area contributed by atoms with Crippen molar-refractivity contribution in [1.82, 2.24) is 4.90 Å². The van der Waals surface area contributed by atoms with Crippen LogP contribution in [0.15, 0.2) is 48.5 Å². The number of aliphatic carboxylic acids is 1. The van der Waals surface area contributed by atoms with Gasteiger partial charge in [0.15, 0.2) is 0 Å². The lowest BCUT2D eigenvalue weighted by molar-refractivity contribution is -0.137. The maximum atomic E-state index is 10.6. The van der Waals surface area contributed by atoms with Gasteiger partial charge in [-0.1, -0.05) is 42.8 Å². The third kappa shape index (κ3) is 6.85. The number of benzene rings is 2. The van der Waals surface area contributed by atoms with Gasteiger partial charge in [-0.3, -0.25) is 9.69 Å². The fraction of sp³-hybridized carbons (Fsp3) is 0.480. The van der Waals surface area contributed by atoms with E-state index in [1.165, 1.54) is 29.5 Å². The number of unbranched alkanes of at least 4 members (excludes halogenated alkanes) is 2. The first-order valence-electron chi connectivity index (χ1n) is 11.0. The molecule has 0 bridgehead atoms. The maximum Gasteiger partial charge on any atom is 0.303 e. The second-order valence-corrected chi connectivity index (χ2v) is 7.93. The van der Waals surface area contributed by atoms with Gasteiger partial charge in [0.25, 0.3) is 0 Å². The molecule has 0 saturated carbocycles. The molecule has 1 saturated heterocycles. The number of nitrogens with zero attached hydrogens (tertiary/aromatic N) is 1. The Labute approximate surface area is 179 Å². The monoisotopic (exact) mass is 411 g/mol. The third-order valence-corrected chi connectivity index (χ3v) is 5.71. The van der Waals surface area contributed by atoms with E-state index in [0.29, 0.717) is 6.61 Å². The number of carbonyl (C=O) groups is 1. The molecule has 162 valence electrons. The molecular formula is C25H33NO4. The van der Waals surface area contributed by atoms with Crippen LogP contribution in [0.5, 0.6) is 5.75 Å². The highest BCUT2D eigenvalue weighted by Crippen LogP contribution is 2.24. The molecule has 1 fully saturated rings. The summed E-state index contributed by atoms with van der Waals surface area (Å²) in [5, 5.41) is 8.75. The van der Waals surface area contributed by atoms with E-state index < -0.39 is 5.97 Å². The molecule has 1 heterocycles. The lowest BCUT2D eigenvalue weighted by atomic mass is 10.0. The van der Waals surface area contributed by atoms with E-state index in [0.717, 1.165) is 44.5 Å². The van der Waals surface area contributed by atoms with E-state index in [2.05, 4.69) is 41.3 Å². The fourth-order valence-corrected chi connectivity index (χ4v) is 3.94. The Morgan fingerprint density at radius 3 is 2.37 bits per heavy atom. The zero-order valence-electron chi connectivity index (χ0n) is 17.9. The maximum absolute atomic E-state index is 10.6. The van der Waals surface area contributed by atoms with Crippen LogP contribution in [-0.2, 0) is 16.1 Å². The van der Waals surface area contributed by atoms with E-state index >= 15 is 0 Å². The molecule has 1 N–H and O–H groups in total. The SMILES string of the molecule is COc1ccc(-c2ccc(COC3CCCCN3CCCCCC(=O)O)cc2)cc1. The lowest BCUT2D eigenvalue weighted by Crippen LogP contribution is -2.41. The van der Waals surface area contributed by atoms with E-state index in [1.54, 1.807) is 7.11 Å². The molecule has 2 aromatic rings. The Morgan fingerprint density at radius 2 is 1.70 bits per heavy atom. The van der Waals surface area contributed by atoms with Crippen LogP contribution in [0.3, 0.4) is 0 Å². The summed E-state index contributed by atoms with van der Waals surface area (Å²) in [7, 11) is 1.68. The van der Waals surface area contributed by atoms with Gasteiger partial charge >= 0.3 is 5.97 Å². The Morgan fingerprint density at radius 1 is 1.00 bits per heavy atom. The predicted octanol–water partition coefficient (Wildman–Crippen LogP) is 5.34. The number of rotatable bonds is 11. The molecule has 30 heavy (non-hydrogen) atoms. The highest BCUT2D eigenvalue weighted by atomic mass is 16.5. The largest absolute Gasteiger partial charge is 0.497 e. The Bertz CT molecular complexity index is 773. The third-order valence-electron chi connectivity index (χ3n) is 5.71. The number of methoxy groups -OCH3 is 1. The molecule has 0 aliphatic carbocycles. The van der Waals surface area contributed by atoms with Crippen molar-refractivity contribution in [3.05, 3.63) is 54.1 Å². The second kappa shape index (κ2) is 11.7. The number of hydrogen-bond donors (Lipinski definition) is 1. The number of piperidine rings is 1. The average Bonchev–Trinajstić information content (AvgIpc) is 2.78. The van der Waals surface area contributed by atoms with Crippen molar-refractivity contribution in [2.45, 2.75) is 57.8 Å². The minimum Gasteiger partial charge on any atom is -0.497 e. The Hall–Kier alpha value is -2.37. The molecule has 1 aliphatic rings. The Kier molecular flexibility index (Phi) is 8.72. The van der Waals surface area contributed by atoms with E-state index in [1.807, 2.05) is 12.1 Å². The van der Waals surface area contributed by atoms with Gasteiger partial charge in [0.05, 0.1) is 13.7 Å². The predicted molar refractivity (Wildman–Crippen MR) is 119 cm³/mol.